The number of amides is 1. The molecule has 1 aliphatic rings. The van der Waals surface area contributed by atoms with Crippen molar-refractivity contribution >= 4 is 11.9 Å². The number of benzene rings is 1. The van der Waals surface area contributed by atoms with Gasteiger partial charge in [0.1, 0.15) is 0 Å². The third-order valence-corrected chi connectivity index (χ3v) is 4.24. The zero-order chi connectivity index (χ0) is 15.5. The highest BCUT2D eigenvalue weighted by molar-refractivity contribution is 5.90. The van der Waals surface area contributed by atoms with Crippen molar-refractivity contribution in [2.24, 2.45) is 5.92 Å². The van der Waals surface area contributed by atoms with E-state index in [1.54, 1.807) is 0 Å². The van der Waals surface area contributed by atoms with Crippen LogP contribution in [0.1, 0.15) is 43.2 Å². The molecule has 1 amide bonds. The van der Waals surface area contributed by atoms with E-state index in [9.17, 15) is 4.79 Å². The van der Waals surface area contributed by atoms with Gasteiger partial charge in [-0.05, 0) is 38.3 Å². The first-order valence-corrected chi connectivity index (χ1v) is 7.85. The molecule has 0 saturated heterocycles. The normalized spacial score (nSPS) is 15.7. The Balaban J connectivity index is 1.72. The van der Waals surface area contributed by atoms with Gasteiger partial charge in [0.25, 0.3) is 0 Å². The van der Waals surface area contributed by atoms with Crippen LogP contribution >= 0.6 is 0 Å². The highest BCUT2D eigenvalue weighted by atomic mass is 16.4. The number of carbonyl (C=O) groups excluding carboxylic acids is 1. The Morgan fingerprint density at radius 3 is 2.68 bits per heavy atom. The van der Waals surface area contributed by atoms with Crippen molar-refractivity contribution in [2.75, 3.05) is 5.32 Å². The third-order valence-electron chi connectivity index (χ3n) is 4.24. The molecule has 0 bridgehead atoms. The van der Waals surface area contributed by atoms with Crippen LogP contribution in [-0.2, 0) is 4.79 Å². The number of hydrogen-bond acceptors (Lipinski definition) is 4. The van der Waals surface area contributed by atoms with Gasteiger partial charge in [-0.25, -0.2) is 0 Å². The van der Waals surface area contributed by atoms with Crippen molar-refractivity contribution < 1.29 is 9.21 Å². The van der Waals surface area contributed by atoms with Gasteiger partial charge in [0.05, 0.1) is 0 Å². The molecule has 0 radical (unpaired) electrons. The zero-order valence-electron chi connectivity index (χ0n) is 13.1. The fraction of sp³-hybridized carbons (Fsp3) is 0.471. The van der Waals surface area contributed by atoms with Gasteiger partial charge in [0.15, 0.2) is 0 Å². The van der Waals surface area contributed by atoms with Gasteiger partial charge in [-0.1, -0.05) is 42.1 Å². The molecule has 0 atom stereocenters. The summed E-state index contributed by atoms with van der Waals surface area (Å²) in [5, 5.41) is 10.7. The molecule has 1 N–H and O–H groups in total. The predicted molar refractivity (Wildman–Crippen MR) is 84.4 cm³/mol. The van der Waals surface area contributed by atoms with Crippen LogP contribution in [0.25, 0.3) is 11.5 Å². The van der Waals surface area contributed by atoms with Gasteiger partial charge in [0, 0.05) is 11.5 Å². The standard InChI is InChI=1S/C17H21N3O2/c1-11-8-9-14(12(2)10-11)16-19-20-17(22-16)18-15(21)13-6-4-3-5-7-13/h8-10,13H,3-7H2,1-2H3,(H,18,20,21). The Morgan fingerprint density at radius 2 is 1.95 bits per heavy atom. The molecule has 1 saturated carbocycles. The van der Waals surface area contributed by atoms with E-state index in [1.165, 1.54) is 12.0 Å². The van der Waals surface area contributed by atoms with Crippen molar-refractivity contribution in [2.45, 2.75) is 46.0 Å². The largest absolute Gasteiger partial charge is 0.403 e. The number of anilines is 1. The summed E-state index contributed by atoms with van der Waals surface area (Å²) in [4.78, 5) is 12.2. The average molecular weight is 299 g/mol. The van der Waals surface area contributed by atoms with E-state index in [2.05, 4.69) is 21.6 Å². The quantitative estimate of drug-likeness (QED) is 0.934. The minimum atomic E-state index is -0.00414. The van der Waals surface area contributed by atoms with E-state index in [0.717, 1.165) is 36.8 Å². The lowest BCUT2D eigenvalue weighted by atomic mass is 9.89. The minimum absolute atomic E-state index is 0.00414. The molecule has 2 aromatic rings. The lowest BCUT2D eigenvalue weighted by molar-refractivity contribution is -0.120. The monoisotopic (exact) mass is 299 g/mol. The summed E-state index contributed by atoms with van der Waals surface area (Å²) in [6.07, 6.45) is 5.36. The lowest BCUT2D eigenvalue weighted by Gasteiger charge is -2.19. The Bertz CT molecular complexity index is 672. The molecule has 5 nitrogen and oxygen atoms in total. The molecular weight excluding hydrogens is 278 g/mol. The Labute approximate surface area is 130 Å². The first-order chi connectivity index (χ1) is 10.6. The fourth-order valence-corrected chi connectivity index (χ4v) is 3.01. The number of aryl methyl sites for hydroxylation is 2. The maximum absolute atomic E-state index is 12.2. The molecule has 0 spiro atoms. The van der Waals surface area contributed by atoms with Crippen molar-refractivity contribution in [3.05, 3.63) is 29.3 Å². The second kappa shape index (κ2) is 6.30. The molecule has 1 fully saturated rings. The van der Waals surface area contributed by atoms with Crippen LogP contribution < -0.4 is 5.32 Å². The number of nitrogens with one attached hydrogen (secondary N) is 1. The predicted octanol–water partition coefficient (Wildman–Crippen LogP) is 3.87. The number of hydrogen-bond donors (Lipinski definition) is 1. The number of aromatic nitrogens is 2. The van der Waals surface area contributed by atoms with Gasteiger partial charge in [0.2, 0.25) is 11.8 Å². The Morgan fingerprint density at radius 1 is 1.18 bits per heavy atom. The molecule has 0 aliphatic heterocycles. The Kier molecular flexibility index (Phi) is 4.22. The van der Waals surface area contributed by atoms with E-state index < -0.39 is 0 Å². The van der Waals surface area contributed by atoms with Gasteiger partial charge in [-0.15, -0.1) is 5.10 Å². The van der Waals surface area contributed by atoms with Crippen molar-refractivity contribution in [3.8, 4) is 11.5 Å². The van der Waals surface area contributed by atoms with Crippen LogP contribution in [0.2, 0.25) is 0 Å². The topological polar surface area (TPSA) is 68.0 Å². The summed E-state index contributed by atoms with van der Waals surface area (Å²) >= 11 is 0. The van der Waals surface area contributed by atoms with Crippen LogP contribution in [0.15, 0.2) is 22.6 Å². The zero-order valence-corrected chi connectivity index (χ0v) is 13.1. The SMILES string of the molecule is Cc1ccc(-c2nnc(NC(=O)C3CCCCC3)o2)c(C)c1. The third kappa shape index (κ3) is 3.18. The first-order valence-electron chi connectivity index (χ1n) is 7.85. The van der Waals surface area contributed by atoms with Crippen molar-refractivity contribution in [1.82, 2.24) is 10.2 Å². The summed E-state index contributed by atoms with van der Waals surface area (Å²) in [5.41, 5.74) is 3.16. The maximum Gasteiger partial charge on any atom is 0.322 e. The molecule has 1 aromatic carbocycles. The van der Waals surface area contributed by atoms with Crippen LogP contribution in [0.3, 0.4) is 0 Å². The highest BCUT2D eigenvalue weighted by Crippen LogP contribution is 2.27. The van der Waals surface area contributed by atoms with Crippen LogP contribution in [0.4, 0.5) is 6.01 Å². The van der Waals surface area contributed by atoms with Gasteiger partial charge < -0.3 is 4.42 Å². The molecule has 5 heteroatoms. The van der Waals surface area contributed by atoms with Gasteiger partial charge in [-0.3, -0.25) is 10.1 Å². The molecule has 3 rings (SSSR count). The van der Waals surface area contributed by atoms with E-state index in [1.807, 2.05) is 26.0 Å². The molecule has 116 valence electrons. The second-order valence-electron chi connectivity index (χ2n) is 6.05. The van der Waals surface area contributed by atoms with E-state index in [-0.39, 0.29) is 17.8 Å². The minimum Gasteiger partial charge on any atom is -0.403 e. The van der Waals surface area contributed by atoms with E-state index in [0.29, 0.717) is 5.89 Å². The van der Waals surface area contributed by atoms with Crippen LogP contribution in [0, 0.1) is 19.8 Å². The molecule has 1 heterocycles. The van der Waals surface area contributed by atoms with Crippen molar-refractivity contribution in [3.63, 3.8) is 0 Å². The molecule has 22 heavy (non-hydrogen) atoms. The summed E-state index contributed by atoms with van der Waals surface area (Å²) in [7, 11) is 0. The van der Waals surface area contributed by atoms with E-state index in [4.69, 9.17) is 4.42 Å². The van der Waals surface area contributed by atoms with Crippen LogP contribution in [0.5, 0.6) is 0 Å². The smallest absolute Gasteiger partial charge is 0.322 e. The van der Waals surface area contributed by atoms with Crippen LogP contribution in [-0.4, -0.2) is 16.1 Å². The molecule has 0 unspecified atom stereocenters. The van der Waals surface area contributed by atoms with Gasteiger partial charge >= 0.3 is 6.01 Å². The summed E-state index contributed by atoms with van der Waals surface area (Å²) in [5.74, 6) is 0.511. The number of carbonyl (C=O) groups is 1. The summed E-state index contributed by atoms with van der Waals surface area (Å²) in [6, 6.07) is 6.22. The van der Waals surface area contributed by atoms with E-state index >= 15 is 0 Å². The second-order valence-corrected chi connectivity index (χ2v) is 6.05. The average Bonchev–Trinajstić information content (AvgIpc) is 2.96. The summed E-state index contributed by atoms with van der Waals surface area (Å²) < 4.78 is 5.60. The number of rotatable bonds is 3. The molecular formula is C17H21N3O2. The summed E-state index contributed by atoms with van der Waals surface area (Å²) in [6.45, 7) is 4.05. The first kappa shape index (κ1) is 14.8. The fourth-order valence-electron chi connectivity index (χ4n) is 3.01. The highest BCUT2D eigenvalue weighted by Gasteiger charge is 2.23. The van der Waals surface area contributed by atoms with Crippen molar-refractivity contribution in [1.29, 1.82) is 0 Å². The number of nitrogens with zero attached hydrogens (tertiary/aromatic N) is 2. The Hall–Kier alpha value is -2.17. The van der Waals surface area contributed by atoms with Gasteiger partial charge in [-0.2, -0.15) is 0 Å². The maximum atomic E-state index is 12.2. The molecule has 1 aliphatic carbocycles. The molecule has 1 aromatic heterocycles. The lowest BCUT2D eigenvalue weighted by Crippen LogP contribution is -2.24.